The van der Waals surface area contributed by atoms with E-state index in [9.17, 15) is 4.79 Å². The monoisotopic (exact) mass is 300 g/mol. The van der Waals surface area contributed by atoms with Crippen molar-refractivity contribution < 1.29 is 4.79 Å². The number of hydrogen-bond donors (Lipinski definition) is 0. The second-order valence-corrected chi connectivity index (χ2v) is 4.76. The SMILES string of the molecule is N#CCCN(Cc1cccnc1)C(=O)c1ccncc1Cl. The van der Waals surface area contributed by atoms with Crippen LogP contribution in [0.25, 0.3) is 0 Å². The van der Waals surface area contributed by atoms with Gasteiger partial charge in [-0.1, -0.05) is 17.7 Å². The Bertz CT molecular complexity index is 654. The fourth-order valence-corrected chi connectivity index (χ4v) is 2.07. The van der Waals surface area contributed by atoms with Crippen LogP contribution in [0.15, 0.2) is 43.0 Å². The Kier molecular flexibility index (Phi) is 5.24. The van der Waals surface area contributed by atoms with E-state index in [2.05, 4.69) is 16.0 Å². The lowest BCUT2D eigenvalue weighted by Crippen LogP contribution is -2.31. The van der Waals surface area contributed by atoms with Gasteiger partial charge in [0.1, 0.15) is 0 Å². The van der Waals surface area contributed by atoms with E-state index < -0.39 is 0 Å². The van der Waals surface area contributed by atoms with Crippen LogP contribution in [-0.4, -0.2) is 27.3 Å². The highest BCUT2D eigenvalue weighted by atomic mass is 35.5. The average molecular weight is 301 g/mol. The van der Waals surface area contributed by atoms with Crippen molar-refractivity contribution in [2.45, 2.75) is 13.0 Å². The first-order valence-corrected chi connectivity index (χ1v) is 6.75. The van der Waals surface area contributed by atoms with E-state index in [0.717, 1.165) is 5.56 Å². The Balaban J connectivity index is 2.21. The Hall–Kier alpha value is -2.45. The normalized spacial score (nSPS) is 9.90. The molecule has 0 unspecified atom stereocenters. The molecule has 0 aliphatic rings. The van der Waals surface area contributed by atoms with Gasteiger partial charge in [-0.25, -0.2) is 0 Å². The second-order valence-electron chi connectivity index (χ2n) is 4.35. The molecule has 2 heterocycles. The van der Waals surface area contributed by atoms with Crippen molar-refractivity contribution in [1.82, 2.24) is 14.9 Å². The van der Waals surface area contributed by atoms with Crippen molar-refractivity contribution in [1.29, 1.82) is 5.26 Å². The number of amides is 1. The number of hydrogen-bond acceptors (Lipinski definition) is 4. The molecule has 0 fully saturated rings. The van der Waals surface area contributed by atoms with Gasteiger partial charge in [0.15, 0.2) is 0 Å². The van der Waals surface area contributed by atoms with Crippen LogP contribution in [0.4, 0.5) is 0 Å². The number of pyridine rings is 2. The van der Waals surface area contributed by atoms with E-state index in [1.54, 1.807) is 23.4 Å². The third-order valence-electron chi connectivity index (χ3n) is 2.88. The van der Waals surface area contributed by atoms with Gasteiger partial charge in [-0.05, 0) is 17.7 Å². The highest BCUT2D eigenvalue weighted by molar-refractivity contribution is 6.33. The molecule has 21 heavy (non-hydrogen) atoms. The summed E-state index contributed by atoms with van der Waals surface area (Å²) in [6, 6.07) is 7.32. The number of nitrogens with zero attached hydrogens (tertiary/aromatic N) is 4. The Labute approximate surface area is 127 Å². The third kappa shape index (κ3) is 4.01. The maximum atomic E-state index is 12.6. The zero-order valence-corrected chi connectivity index (χ0v) is 12.0. The molecular weight excluding hydrogens is 288 g/mol. The second kappa shape index (κ2) is 7.36. The Morgan fingerprint density at radius 3 is 2.76 bits per heavy atom. The number of halogens is 1. The molecule has 0 N–H and O–H groups in total. The first kappa shape index (κ1) is 14.9. The zero-order chi connectivity index (χ0) is 15.1. The van der Waals surface area contributed by atoms with Crippen LogP contribution in [0.3, 0.4) is 0 Å². The van der Waals surface area contributed by atoms with E-state index in [-0.39, 0.29) is 12.3 Å². The van der Waals surface area contributed by atoms with Crippen molar-refractivity contribution in [2.24, 2.45) is 0 Å². The summed E-state index contributed by atoms with van der Waals surface area (Å²) in [5, 5.41) is 9.05. The van der Waals surface area contributed by atoms with Crippen molar-refractivity contribution in [3.05, 3.63) is 59.1 Å². The minimum atomic E-state index is -0.221. The summed E-state index contributed by atoms with van der Waals surface area (Å²) in [4.78, 5) is 22.0. The summed E-state index contributed by atoms with van der Waals surface area (Å²) < 4.78 is 0. The summed E-state index contributed by atoms with van der Waals surface area (Å²) in [6.45, 7) is 0.718. The van der Waals surface area contributed by atoms with E-state index in [1.807, 2.05) is 12.1 Å². The van der Waals surface area contributed by atoms with Crippen LogP contribution in [0.1, 0.15) is 22.3 Å². The quantitative estimate of drug-likeness (QED) is 0.851. The Morgan fingerprint density at radius 1 is 1.29 bits per heavy atom. The molecule has 0 aromatic carbocycles. The molecule has 0 bridgehead atoms. The maximum Gasteiger partial charge on any atom is 0.255 e. The predicted molar refractivity (Wildman–Crippen MR) is 78.5 cm³/mol. The number of nitriles is 1. The number of carbonyl (C=O) groups is 1. The molecule has 0 atom stereocenters. The van der Waals surface area contributed by atoms with Gasteiger partial charge in [0.2, 0.25) is 0 Å². The summed E-state index contributed by atoms with van der Waals surface area (Å²) >= 11 is 6.01. The lowest BCUT2D eigenvalue weighted by Gasteiger charge is -2.22. The molecule has 106 valence electrons. The summed E-state index contributed by atoms with van der Waals surface area (Å²) in [7, 11) is 0. The van der Waals surface area contributed by atoms with E-state index >= 15 is 0 Å². The van der Waals surface area contributed by atoms with Gasteiger partial charge in [0.05, 0.1) is 23.1 Å². The molecule has 1 amide bonds. The molecule has 0 spiro atoms. The molecule has 0 saturated carbocycles. The zero-order valence-electron chi connectivity index (χ0n) is 11.2. The molecular formula is C15H13ClN4O. The molecule has 0 radical (unpaired) electrons. The van der Waals surface area contributed by atoms with Crippen LogP contribution in [0.2, 0.25) is 5.02 Å². The van der Waals surface area contributed by atoms with Crippen LogP contribution >= 0.6 is 11.6 Å². The topological polar surface area (TPSA) is 69.9 Å². The highest BCUT2D eigenvalue weighted by Gasteiger charge is 2.18. The molecule has 2 aromatic heterocycles. The number of carbonyl (C=O) groups excluding carboxylic acids is 1. The van der Waals surface area contributed by atoms with Gasteiger partial charge in [-0.15, -0.1) is 0 Å². The van der Waals surface area contributed by atoms with Gasteiger partial charge >= 0.3 is 0 Å². The van der Waals surface area contributed by atoms with Gasteiger partial charge in [-0.2, -0.15) is 5.26 Å². The summed E-state index contributed by atoms with van der Waals surface area (Å²) in [6.07, 6.45) is 6.58. The van der Waals surface area contributed by atoms with Crippen LogP contribution in [-0.2, 0) is 6.54 Å². The van der Waals surface area contributed by atoms with Gasteiger partial charge in [-0.3, -0.25) is 14.8 Å². The van der Waals surface area contributed by atoms with Crippen molar-refractivity contribution in [3.63, 3.8) is 0 Å². The van der Waals surface area contributed by atoms with Gasteiger partial charge < -0.3 is 4.90 Å². The molecule has 2 aromatic rings. The smallest absolute Gasteiger partial charge is 0.255 e. The molecule has 6 heteroatoms. The van der Waals surface area contributed by atoms with Gasteiger partial charge in [0.25, 0.3) is 5.91 Å². The highest BCUT2D eigenvalue weighted by Crippen LogP contribution is 2.17. The molecule has 0 aliphatic heterocycles. The minimum absolute atomic E-state index is 0.221. The summed E-state index contributed by atoms with van der Waals surface area (Å²) in [5.41, 5.74) is 1.28. The van der Waals surface area contributed by atoms with E-state index in [4.69, 9.17) is 16.9 Å². The fourth-order valence-electron chi connectivity index (χ4n) is 1.87. The summed E-state index contributed by atoms with van der Waals surface area (Å²) in [5.74, 6) is -0.221. The number of aromatic nitrogens is 2. The maximum absolute atomic E-state index is 12.6. The Morgan fingerprint density at radius 2 is 2.10 bits per heavy atom. The lowest BCUT2D eigenvalue weighted by atomic mass is 10.2. The largest absolute Gasteiger partial charge is 0.333 e. The van der Waals surface area contributed by atoms with Crippen LogP contribution in [0, 0.1) is 11.3 Å². The molecule has 0 aliphatic carbocycles. The first-order chi connectivity index (χ1) is 10.2. The lowest BCUT2D eigenvalue weighted by molar-refractivity contribution is 0.0747. The van der Waals surface area contributed by atoms with Crippen LogP contribution in [0.5, 0.6) is 0 Å². The number of rotatable bonds is 5. The average Bonchev–Trinajstić information content (AvgIpc) is 2.52. The van der Waals surface area contributed by atoms with Crippen molar-refractivity contribution in [2.75, 3.05) is 6.54 Å². The van der Waals surface area contributed by atoms with Crippen LogP contribution < -0.4 is 0 Å². The van der Waals surface area contributed by atoms with E-state index in [1.165, 1.54) is 12.4 Å². The fraction of sp³-hybridized carbons (Fsp3) is 0.200. The van der Waals surface area contributed by atoms with Gasteiger partial charge in [0, 0.05) is 37.9 Å². The molecule has 2 rings (SSSR count). The standard InChI is InChI=1S/C15H13ClN4O/c16-14-10-19-7-4-13(14)15(21)20(8-2-5-17)11-12-3-1-6-18-9-12/h1,3-4,6-7,9-10H,2,8,11H2. The van der Waals surface area contributed by atoms with Crippen molar-refractivity contribution >= 4 is 17.5 Å². The van der Waals surface area contributed by atoms with E-state index in [0.29, 0.717) is 23.7 Å². The first-order valence-electron chi connectivity index (χ1n) is 6.37. The third-order valence-corrected chi connectivity index (χ3v) is 3.18. The predicted octanol–water partition coefficient (Wildman–Crippen LogP) is 2.69. The molecule has 5 nitrogen and oxygen atoms in total. The minimum Gasteiger partial charge on any atom is -0.333 e. The molecule has 0 saturated heterocycles. The van der Waals surface area contributed by atoms with Crippen molar-refractivity contribution in [3.8, 4) is 6.07 Å².